The van der Waals surface area contributed by atoms with Gasteiger partial charge in [0.05, 0.1) is 37.0 Å². The summed E-state index contributed by atoms with van der Waals surface area (Å²) in [4.78, 5) is 4.51. The number of ether oxygens (including phenoxy) is 1. The lowest BCUT2D eigenvalue weighted by atomic mass is 9.93. The minimum atomic E-state index is -0.376. The Morgan fingerprint density at radius 2 is 2.03 bits per heavy atom. The summed E-state index contributed by atoms with van der Waals surface area (Å²) < 4.78 is 23.8. The minimum absolute atomic E-state index is 0.0204. The van der Waals surface area contributed by atoms with Crippen LogP contribution in [0.3, 0.4) is 0 Å². The van der Waals surface area contributed by atoms with Crippen molar-refractivity contribution in [2.45, 2.75) is 50.4 Å². The number of nitrogens with two attached hydrogens (primary N) is 1. The van der Waals surface area contributed by atoms with Crippen LogP contribution in [0.2, 0.25) is 0 Å². The number of nitrogens with one attached hydrogen (secondary N) is 1. The molecule has 0 spiro atoms. The van der Waals surface area contributed by atoms with Crippen molar-refractivity contribution in [1.82, 2.24) is 24.5 Å². The Bertz CT molecular complexity index is 1300. The van der Waals surface area contributed by atoms with E-state index in [1.54, 1.807) is 29.1 Å². The summed E-state index contributed by atoms with van der Waals surface area (Å²) in [7, 11) is 1.84. The maximum absolute atomic E-state index is 14.0. The van der Waals surface area contributed by atoms with Gasteiger partial charge in [-0.2, -0.15) is 10.2 Å². The Labute approximate surface area is 202 Å². The molecule has 5 rings (SSSR count). The van der Waals surface area contributed by atoms with Crippen LogP contribution in [-0.4, -0.2) is 55.5 Å². The number of aliphatic hydroxyl groups excluding tert-OH is 1. The topological polar surface area (TPSA) is 116 Å². The lowest BCUT2D eigenvalue weighted by Crippen LogP contribution is -2.29. The van der Waals surface area contributed by atoms with Crippen molar-refractivity contribution < 1.29 is 14.2 Å². The van der Waals surface area contributed by atoms with E-state index in [0.717, 1.165) is 53.7 Å². The number of rotatable bonds is 8. The fraction of sp³-hybridized carbons (Fsp3) is 0.400. The second kappa shape index (κ2) is 10.0. The average molecular weight is 480 g/mol. The third-order valence-corrected chi connectivity index (χ3v) is 6.53. The van der Waals surface area contributed by atoms with Crippen LogP contribution in [0.25, 0.3) is 22.2 Å². The Morgan fingerprint density at radius 3 is 2.77 bits per heavy atom. The molecular weight excluding hydrogens is 449 g/mol. The monoisotopic (exact) mass is 479 g/mol. The molecule has 1 aliphatic rings. The second-order valence-corrected chi connectivity index (χ2v) is 9.00. The Kier molecular flexibility index (Phi) is 6.65. The first-order valence-electron chi connectivity index (χ1n) is 11.9. The number of aromatic nitrogens is 5. The average Bonchev–Trinajstić information content (AvgIpc) is 3.50. The van der Waals surface area contributed by atoms with Crippen molar-refractivity contribution in [3.05, 3.63) is 54.7 Å². The molecule has 1 aliphatic carbocycles. The largest absolute Gasteiger partial charge is 0.487 e. The number of halogens is 1. The normalized spacial score (nSPS) is 19.1. The molecule has 3 aromatic heterocycles. The highest BCUT2D eigenvalue weighted by Crippen LogP contribution is 2.36. The number of nitrogens with zero attached hydrogens (tertiary/aromatic N) is 5. The van der Waals surface area contributed by atoms with Crippen molar-refractivity contribution in [1.29, 1.82) is 0 Å². The standard InChI is InChI=1S/C25H30FN7O2/c1-28-24-10-22-20(12-29-24)25(16-11-30-32(13-16)14-17(27)15-34)31-33(22)18-6-8-19(9-7-18)35-23-5-3-2-4-21(23)26/h2-5,10-13,17-19,34H,6-9,14-15,27H2,1H3,(H,28,29)/t17-,18?,19?/m0/s1. The van der Waals surface area contributed by atoms with Gasteiger partial charge in [-0.05, 0) is 37.8 Å². The van der Waals surface area contributed by atoms with Crippen LogP contribution in [0.5, 0.6) is 5.75 Å². The van der Waals surface area contributed by atoms with E-state index in [1.807, 2.05) is 25.5 Å². The molecule has 35 heavy (non-hydrogen) atoms. The first kappa shape index (κ1) is 23.3. The molecule has 0 radical (unpaired) electrons. The molecule has 1 atom stereocenters. The Hall–Kier alpha value is -3.50. The summed E-state index contributed by atoms with van der Waals surface area (Å²) in [5.41, 5.74) is 8.54. The molecule has 184 valence electrons. The highest BCUT2D eigenvalue weighted by molar-refractivity contribution is 5.93. The van der Waals surface area contributed by atoms with Gasteiger partial charge >= 0.3 is 0 Å². The molecule has 0 aliphatic heterocycles. The third kappa shape index (κ3) is 4.85. The van der Waals surface area contributed by atoms with E-state index in [-0.39, 0.29) is 30.6 Å². The molecule has 4 aromatic rings. The predicted octanol–water partition coefficient (Wildman–Crippen LogP) is 3.36. The number of anilines is 1. The van der Waals surface area contributed by atoms with Crippen molar-refractivity contribution in [2.75, 3.05) is 19.0 Å². The molecule has 0 bridgehead atoms. The van der Waals surface area contributed by atoms with E-state index in [2.05, 4.69) is 20.1 Å². The van der Waals surface area contributed by atoms with E-state index in [4.69, 9.17) is 15.6 Å². The maximum Gasteiger partial charge on any atom is 0.165 e. The second-order valence-electron chi connectivity index (χ2n) is 9.00. The Balaban J connectivity index is 1.40. The lowest BCUT2D eigenvalue weighted by molar-refractivity contribution is 0.126. The van der Waals surface area contributed by atoms with Crippen molar-refractivity contribution in [2.24, 2.45) is 5.73 Å². The predicted molar refractivity (Wildman–Crippen MR) is 132 cm³/mol. The van der Waals surface area contributed by atoms with Gasteiger partial charge in [0.1, 0.15) is 11.5 Å². The first-order chi connectivity index (χ1) is 17.1. The molecule has 4 N–H and O–H groups in total. The van der Waals surface area contributed by atoms with Crippen LogP contribution in [0.4, 0.5) is 10.2 Å². The molecule has 9 nitrogen and oxygen atoms in total. The summed E-state index contributed by atoms with van der Waals surface area (Å²) in [6.07, 6.45) is 8.85. The van der Waals surface area contributed by atoms with Crippen LogP contribution in [-0.2, 0) is 6.54 Å². The van der Waals surface area contributed by atoms with Crippen LogP contribution >= 0.6 is 0 Å². The zero-order valence-electron chi connectivity index (χ0n) is 19.6. The molecule has 0 saturated heterocycles. The molecule has 1 aromatic carbocycles. The van der Waals surface area contributed by atoms with Crippen molar-refractivity contribution in [3.8, 4) is 17.0 Å². The summed E-state index contributed by atoms with van der Waals surface area (Å²) in [6, 6.07) is 8.38. The van der Waals surface area contributed by atoms with Gasteiger partial charge in [-0.1, -0.05) is 12.1 Å². The molecule has 10 heteroatoms. The quantitative estimate of drug-likeness (QED) is 0.355. The van der Waals surface area contributed by atoms with Crippen LogP contribution in [0, 0.1) is 5.82 Å². The Morgan fingerprint density at radius 1 is 1.23 bits per heavy atom. The number of hydrogen-bond acceptors (Lipinski definition) is 7. The SMILES string of the molecule is CNc1cc2c(cn1)c(-c1cnn(C[C@H](N)CO)c1)nn2C1CCC(Oc2ccccc2F)CC1. The molecule has 3 heterocycles. The number of hydrogen-bond donors (Lipinski definition) is 3. The highest BCUT2D eigenvalue weighted by atomic mass is 19.1. The van der Waals surface area contributed by atoms with Crippen LogP contribution in [0.1, 0.15) is 31.7 Å². The van der Waals surface area contributed by atoms with E-state index >= 15 is 0 Å². The molecule has 0 unspecified atom stereocenters. The summed E-state index contributed by atoms with van der Waals surface area (Å²) in [6.45, 7) is 0.316. The number of benzene rings is 1. The van der Waals surface area contributed by atoms with Gasteiger partial charge in [0.25, 0.3) is 0 Å². The van der Waals surface area contributed by atoms with Gasteiger partial charge in [-0.15, -0.1) is 0 Å². The zero-order chi connectivity index (χ0) is 24.4. The summed E-state index contributed by atoms with van der Waals surface area (Å²) in [5.74, 6) is 0.752. The number of aliphatic hydroxyl groups is 1. The van der Waals surface area contributed by atoms with Gasteiger partial charge in [-0.25, -0.2) is 9.37 Å². The van der Waals surface area contributed by atoms with Gasteiger partial charge < -0.3 is 20.9 Å². The summed E-state index contributed by atoms with van der Waals surface area (Å²) in [5, 5.41) is 22.7. The molecular formula is C25H30FN7O2. The van der Waals surface area contributed by atoms with Gasteiger partial charge in [-0.3, -0.25) is 9.36 Å². The summed E-state index contributed by atoms with van der Waals surface area (Å²) >= 11 is 0. The van der Waals surface area contributed by atoms with Crippen LogP contribution < -0.4 is 15.8 Å². The van der Waals surface area contributed by atoms with Gasteiger partial charge in [0.15, 0.2) is 11.6 Å². The fourth-order valence-electron chi connectivity index (χ4n) is 4.67. The van der Waals surface area contributed by atoms with E-state index in [1.165, 1.54) is 6.07 Å². The highest BCUT2D eigenvalue weighted by Gasteiger charge is 2.27. The third-order valence-electron chi connectivity index (χ3n) is 6.53. The molecule has 1 fully saturated rings. The maximum atomic E-state index is 14.0. The van der Waals surface area contributed by atoms with Gasteiger partial charge in [0, 0.05) is 42.5 Å². The van der Waals surface area contributed by atoms with Crippen molar-refractivity contribution >= 4 is 16.7 Å². The molecule has 0 amide bonds. The minimum Gasteiger partial charge on any atom is -0.487 e. The number of pyridine rings is 1. The van der Waals surface area contributed by atoms with Crippen molar-refractivity contribution in [3.63, 3.8) is 0 Å². The number of fused-ring (bicyclic) bond motifs is 1. The molecule has 1 saturated carbocycles. The van der Waals surface area contributed by atoms with E-state index in [0.29, 0.717) is 12.3 Å². The smallest absolute Gasteiger partial charge is 0.165 e. The first-order valence-corrected chi connectivity index (χ1v) is 11.9. The number of para-hydroxylation sites is 1. The fourth-order valence-corrected chi connectivity index (χ4v) is 4.67. The lowest BCUT2D eigenvalue weighted by Gasteiger charge is -2.29. The van der Waals surface area contributed by atoms with E-state index in [9.17, 15) is 9.50 Å². The van der Waals surface area contributed by atoms with Gasteiger partial charge in [0.2, 0.25) is 0 Å². The van der Waals surface area contributed by atoms with Crippen LogP contribution in [0.15, 0.2) is 48.9 Å². The van der Waals surface area contributed by atoms with E-state index < -0.39 is 0 Å². The zero-order valence-corrected chi connectivity index (χ0v) is 19.6.